The van der Waals surface area contributed by atoms with Crippen LogP contribution >= 0.6 is 0 Å². The lowest BCUT2D eigenvalue weighted by molar-refractivity contribution is -0.384. The Balaban J connectivity index is 0.730. The maximum absolute atomic E-state index is 13.3. The summed E-state index contributed by atoms with van der Waals surface area (Å²) in [6.45, 7) is -3.53. The SMILES string of the molecule is CC(=O)N[C@H]1[C@@H](O[C@H]2[C@H](O)[C@@H](O)[C@H](O[C@H]3[C@H](O)[C@@H](NC(C)=O)[C@@H](O[C@H]4[C@H](O)[C@@H](O)[C@H](O[C@H]5[C@H](O)[C@@H](NC(C)=O)[C@@H](O[C@H]6[C@H](O)[C@@H](O)[C@H](O[C@H]7[C@H](O)[C@@H](CO)O[C@@H]7CO)O[C@@H]6C(=O)O)O[C@@H]5CO)O[C@@H]4C(=O)O)O[C@@H]3CO)O[C@@H]2C(=O)O)O[C@H](CO)[C@@H](O[C@@H]2O[C@H](C(=O)O)[C@@H](O[C@H]3O[C@H](CO)[C@@H](O[C@@H]4O[C@H](C(=O)O)[C@@H](O[C@H]5O[C@H](CO)[C@@H](O)[C@H](O)[C@H]5NC(C)=O)[C@H](O)[C@H]4O)[C@H](O)[C@H]3NC(C)=O)[C@H](O)[C@H]2O)[C@@H]1O. The van der Waals surface area contributed by atoms with Crippen LogP contribution < -0.4 is 26.6 Å². The van der Waals surface area contributed by atoms with Gasteiger partial charge in [-0.15, -0.1) is 0 Å². The van der Waals surface area contributed by atoms with Gasteiger partial charge in [-0.05, 0) is 0 Å². The molecule has 11 saturated heterocycles. The minimum Gasteiger partial charge on any atom is -0.479 e. The summed E-state index contributed by atoms with van der Waals surface area (Å²) in [5.74, 6) is -15.3. The molecule has 806 valence electrons. The molecule has 11 fully saturated rings. The van der Waals surface area contributed by atoms with Crippen LogP contribution in [-0.4, -0.2) is 585 Å². The summed E-state index contributed by atoms with van der Waals surface area (Å²) in [5, 5.41) is 332. The highest BCUT2D eigenvalue weighted by Crippen LogP contribution is 2.43. The molecule has 0 aromatic carbocycles. The number of nitrogens with one attached hydrogen (secondary N) is 5. The Morgan fingerprint density at radius 1 is 0.184 bits per heavy atom. The largest absolute Gasteiger partial charge is 0.479 e. The van der Waals surface area contributed by atoms with Gasteiger partial charge in [0.15, 0.2) is 93.4 Å². The fourth-order valence-corrected chi connectivity index (χ4v) is 17.9. The second kappa shape index (κ2) is 48.7. The van der Waals surface area contributed by atoms with Gasteiger partial charge >= 0.3 is 29.8 Å². The number of amides is 5. The zero-order valence-electron chi connectivity index (χ0n) is 74.3. The van der Waals surface area contributed by atoms with E-state index in [1.54, 1.807) is 0 Å². The predicted octanol–water partition coefficient (Wildman–Crippen LogP) is -23.1. The average molecular weight is 2060 g/mol. The summed E-state index contributed by atoms with van der Waals surface area (Å²) < 4.78 is 119. The van der Waals surface area contributed by atoms with E-state index in [4.69, 9.17) is 99.5 Å². The predicted molar refractivity (Wildman–Crippen MR) is 422 cm³/mol. The maximum atomic E-state index is 13.3. The topological polar surface area (TPSA) is 1010 Å². The Kier molecular flexibility index (Phi) is 39.4. The first-order valence-electron chi connectivity index (χ1n) is 43.5. The van der Waals surface area contributed by atoms with Crippen molar-refractivity contribution >= 4 is 59.4 Å². The summed E-state index contributed by atoms with van der Waals surface area (Å²) in [5.41, 5.74) is 0. The Morgan fingerprint density at radius 3 is 0.518 bits per heavy atom. The second-order valence-corrected chi connectivity index (χ2v) is 34.5. The monoisotopic (exact) mass is 2060 g/mol. The summed E-state index contributed by atoms with van der Waals surface area (Å²) in [6.07, 6.45) is -111. The van der Waals surface area contributed by atoms with E-state index in [1.807, 2.05) is 0 Å². The van der Waals surface area contributed by atoms with Crippen molar-refractivity contribution in [2.24, 2.45) is 0 Å². The number of carboxylic acid groups (broad SMARTS) is 5. The minimum absolute atomic E-state index is 0.797. The van der Waals surface area contributed by atoms with Gasteiger partial charge in [-0.25, -0.2) is 24.0 Å². The summed E-state index contributed by atoms with van der Waals surface area (Å²) >= 11 is 0. The van der Waals surface area contributed by atoms with Crippen molar-refractivity contribution in [1.29, 1.82) is 0 Å². The number of hydrogen-bond donors (Lipinski definition) is 34. The first-order chi connectivity index (χ1) is 66.4. The van der Waals surface area contributed by atoms with Crippen molar-refractivity contribution in [1.82, 2.24) is 26.6 Å². The number of aliphatic hydroxyl groups excluding tert-OH is 24. The molecule has 0 unspecified atom stereocenters. The molecule has 5 amide bonds. The van der Waals surface area contributed by atoms with E-state index in [9.17, 15) is 196 Å². The number of hydrogen-bond acceptors (Lipinski definition) is 55. The highest BCUT2D eigenvalue weighted by Gasteiger charge is 2.65. The summed E-state index contributed by atoms with van der Waals surface area (Å²) in [6, 6.07) is -10.2. The van der Waals surface area contributed by atoms with Gasteiger partial charge in [-0.1, -0.05) is 0 Å². The molecule has 0 bridgehead atoms. The number of carboxylic acids is 5. The Labute approximate surface area is 791 Å². The Morgan fingerprint density at radius 2 is 0.340 bits per heavy atom. The number of aliphatic carboxylic acids is 5. The Bertz CT molecular complexity index is 4150. The standard InChI is InChI=1S/C76H117N5O60/c1-13(89)77-25-32(96)30(94)18(6-82)122-67(25)132-52-38(102)43(107)73(138-57(52)62(111)112)128-48-21(9-85)124-69(27(34(48)98)79-15(3)91)134-54-40(104)45(109)75(140-59(54)64(115)116)130-50-23(11-87)126-71(29(36(50)100)81-17(5)93)136-56-41(105)46(110)76(141-61(56)66(119)120)131-51-24(12-88)125-70(28(35(51)99)80-16(4)92)135-55-39(103)44(108)74(139-60(55)65(117)118)129-49-22(10-86)123-68(26(33(49)97)78-14(2)90)133-53-37(101)42(106)72(137-58(53)63(113)114)127-47-20(8-84)121-19(7-83)31(47)95/h18-61,67-76,82-88,94-110H,6-12H2,1-5H3,(H,77,89)(H,78,90)(H,79,91)(H,80,92)(H,81,93)(H,111,112)(H,113,114)(H,115,116)(H,117,118)(H,119,120)/t18-,19-,20-,21-,22-,23-,24-,25-,26-,27-,28-,29-,30-,31-,32-,33-,34-,35-,36-,37-,38-,39-,40-,41-,42-,43-,44-,45-,46-,47-,48-,49-,50-,51-,52+,53+,54+,55+,56+,57+,58+,59+,60+,61+,67-,68-,69-,70-,71-,72-,73-,74-,75-,76-/m1/s1. The molecule has 54 atom stereocenters. The molecule has 11 aliphatic heterocycles. The minimum atomic E-state index is -2.66. The third-order valence-corrected chi connectivity index (χ3v) is 24.8. The second-order valence-electron chi connectivity index (χ2n) is 34.5. The van der Waals surface area contributed by atoms with Gasteiger partial charge < -0.3 is 274 Å². The quantitative estimate of drug-likeness (QED) is 0.0275. The van der Waals surface area contributed by atoms with Crippen molar-refractivity contribution in [3.63, 3.8) is 0 Å². The molecule has 141 heavy (non-hydrogen) atoms. The lowest BCUT2D eigenvalue weighted by Crippen LogP contribution is -2.71. The highest BCUT2D eigenvalue weighted by molar-refractivity contribution is 5.77. The number of rotatable bonds is 37. The van der Waals surface area contributed by atoms with Crippen LogP contribution in [0, 0.1) is 0 Å². The van der Waals surface area contributed by atoms with Crippen LogP contribution in [0.25, 0.3) is 0 Å². The van der Waals surface area contributed by atoms with E-state index in [2.05, 4.69) is 26.6 Å². The third kappa shape index (κ3) is 24.8. The smallest absolute Gasteiger partial charge is 0.335 e. The first kappa shape index (κ1) is 114. The van der Waals surface area contributed by atoms with Gasteiger partial charge in [0.1, 0.15) is 238 Å². The normalized spacial score (nSPS) is 47.1. The van der Waals surface area contributed by atoms with Gasteiger partial charge in [0.05, 0.1) is 46.2 Å². The van der Waals surface area contributed by atoms with Gasteiger partial charge in [0.2, 0.25) is 29.5 Å². The molecule has 0 aliphatic carbocycles. The van der Waals surface area contributed by atoms with Gasteiger partial charge in [0.25, 0.3) is 0 Å². The van der Waals surface area contributed by atoms with Crippen LogP contribution in [0.2, 0.25) is 0 Å². The van der Waals surface area contributed by atoms with Gasteiger partial charge in [-0.3, -0.25) is 24.0 Å². The molecular formula is C76H117N5O60. The molecule has 0 radical (unpaired) electrons. The molecule has 11 heterocycles. The van der Waals surface area contributed by atoms with E-state index in [0.29, 0.717) is 0 Å². The van der Waals surface area contributed by atoms with Crippen LogP contribution in [0.3, 0.4) is 0 Å². The number of aliphatic hydroxyl groups is 24. The molecule has 0 saturated carbocycles. The molecule has 11 aliphatic rings. The van der Waals surface area contributed by atoms with Crippen molar-refractivity contribution < 1.29 is 296 Å². The summed E-state index contributed by atoms with van der Waals surface area (Å²) in [7, 11) is 0. The van der Waals surface area contributed by atoms with Crippen LogP contribution in [-0.2, 0) is 147 Å². The molecular weight excluding hydrogens is 1940 g/mol. The molecule has 34 N–H and O–H groups in total. The van der Waals surface area contributed by atoms with Crippen LogP contribution in [0.15, 0.2) is 0 Å². The molecule has 0 aromatic heterocycles. The average Bonchev–Trinajstić information content (AvgIpc) is 1.42. The first-order valence-corrected chi connectivity index (χ1v) is 43.5. The number of ether oxygens (including phenoxy) is 21. The third-order valence-electron chi connectivity index (χ3n) is 24.8. The van der Waals surface area contributed by atoms with Crippen molar-refractivity contribution in [2.75, 3.05) is 46.2 Å². The van der Waals surface area contributed by atoms with Crippen molar-refractivity contribution in [3.8, 4) is 0 Å². The zero-order valence-corrected chi connectivity index (χ0v) is 74.3. The van der Waals surface area contributed by atoms with Crippen LogP contribution in [0.5, 0.6) is 0 Å². The zero-order chi connectivity index (χ0) is 104. The molecule has 0 spiro atoms. The molecule has 65 nitrogen and oxygen atoms in total. The fraction of sp³-hybridized carbons (Fsp3) is 0.868. The van der Waals surface area contributed by atoms with Gasteiger partial charge in [-0.2, -0.15) is 0 Å². The van der Waals surface area contributed by atoms with Crippen molar-refractivity contribution in [2.45, 2.75) is 366 Å². The lowest BCUT2D eigenvalue weighted by Gasteiger charge is -2.51. The van der Waals surface area contributed by atoms with Gasteiger partial charge in [0, 0.05) is 34.6 Å². The molecule has 11 rings (SSSR count). The van der Waals surface area contributed by atoms with E-state index in [1.165, 1.54) is 0 Å². The van der Waals surface area contributed by atoms with Crippen molar-refractivity contribution in [3.05, 3.63) is 0 Å². The lowest BCUT2D eigenvalue weighted by atomic mass is 9.93. The fourth-order valence-electron chi connectivity index (χ4n) is 17.9. The van der Waals surface area contributed by atoms with E-state index in [0.717, 1.165) is 34.6 Å². The van der Waals surface area contributed by atoms with Crippen LogP contribution in [0.1, 0.15) is 34.6 Å². The summed E-state index contributed by atoms with van der Waals surface area (Å²) in [4.78, 5) is 129. The van der Waals surface area contributed by atoms with E-state index in [-0.39, 0.29) is 0 Å². The Hall–Kier alpha value is -7.10. The molecule has 65 heteroatoms. The van der Waals surface area contributed by atoms with E-state index >= 15 is 0 Å². The number of carbonyl (C=O) groups excluding carboxylic acids is 5. The maximum Gasteiger partial charge on any atom is 0.335 e. The highest BCUT2D eigenvalue weighted by atomic mass is 16.8. The van der Waals surface area contributed by atoms with E-state index < -0.39 is 437 Å². The van der Waals surface area contributed by atoms with Crippen LogP contribution in [0.4, 0.5) is 0 Å². The number of carbonyl (C=O) groups is 10. The molecule has 0 aromatic rings.